The van der Waals surface area contributed by atoms with E-state index in [-0.39, 0.29) is 17.1 Å². The van der Waals surface area contributed by atoms with Crippen molar-refractivity contribution in [3.05, 3.63) is 59.4 Å². The number of ether oxygens (including phenoxy) is 1. The predicted octanol–water partition coefficient (Wildman–Crippen LogP) is 2.99. The van der Waals surface area contributed by atoms with Crippen molar-refractivity contribution in [1.29, 1.82) is 0 Å². The Morgan fingerprint density at radius 3 is 2.45 bits per heavy atom. The molecule has 0 heterocycles. The topological polar surface area (TPSA) is 67.8 Å². The van der Waals surface area contributed by atoms with Gasteiger partial charge in [-0.2, -0.15) is 0 Å². The molecule has 3 N–H and O–H groups in total. The molecule has 0 saturated carbocycles. The van der Waals surface area contributed by atoms with E-state index in [1.165, 1.54) is 12.1 Å². The highest BCUT2D eigenvalue weighted by Crippen LogP contribution is 2.29. The van der Waals surface area contributed by atoms with Crippen molar-refractivity contribution in [1.82, 2.24) is 0 Å². The zero-order valence-corrected chi connectivity index (χ0v) is 9.98. The van der Waals surface area contributed by atoms with E-state index in [2.05, 4.69) is 5.16 Å². The van der Waals surface area contributed by atoms with Gasteiger partial charge in [0.05, 0.1) is 5.56 Å². The number of oxime groups is 1. The summed E-state index contributed by atoms with van der Waals surface area (Å²) in [5.74, 6) is -3.54. The molecule has 0 amide bonds. The van der Waals surface area contributed by atoms with Gasteiger partial charge in [0.2, 0.25) is 0 Å². The molecule has 104 valence electrons. The molecule has 0 aromatic heterocycles. The van der Waals surface area contributed by atoms with Gasteiger partial charge in [-0.1, -0.05) is 11.2 Å². The second kappa shape index (κ2) is 5.52. The average Bonchev–Trinajstić information content (AvgIpc) is 2.41. The lowest BCUT2D eigenvalue weighted by atomic mass is 10.1. The molecule has 0 unspecified atom stereocenters. The van der Waals surface area contributed by atoms with Crippen LogP contribution in [0, 0.1) is 17.5 Å². The number of hydrogen-bond acceptors (Lipinski definition) is 3. The molecule has 7 heteroatoms. The zero-order chi connectivity index (χ0) is 14.7. The number of hydrogen-bond donors (Lipinski definition) is 2. The van der Waals surface area contributed by atoms with Crippen molar-refractivity contribution in [3.8, 4) is 11.5 Å². The van der Waals surface area contributed by atoms with Gasteiger partial charge in [0, 0.05) is 6.07 Å². The maximum Gasteiger partial charge on any atom is 0.176 e. The van der Waals surface area contributed by atoms with Crippen LogP contribution in [-0.4, -0.2) is 11.0 Å². The van der Waals surface area contributed by atoms with Gasteiger partial charge in [0.1, 0.15) is 17.4 Å². The van der Waals surface area contributed by atoms with Gasteiger partial charge in [-0.15, -0.1) is 0 Å². The molecule has 0 aliphatic carbocycles. The Bertz CT molecular complexity index is 675. The van der Waals surface area contributed by atoms with E-state index in [1.807, 2.05) is 0 Å². The molecule has 0 atom stereocenters. The van der Waals surface area contributed by atoms with Crippen LogP contribution in [0.1, 0.15) is 5.56 Å². The lowest BCUT2D eigenvalue weighted by Crippen LogP contribution is -2.16. The summed E-state index contributed by atoms with van der Waals surface area (Å²) >= 11 is 0. The molecule has 2 aromatic rings. The van der Waals surface area contributed by atoms with Gasteiger partial charge in [0.25, 0.3) is 0 Å². The zero-order valence-electron chi connectivity index (χ0n) is 9.98. The molecule has 0 bridgehead atoms. The molecule has 0 radical (unpaired) electrons. The Morgan fingerprint density at radius 1 is 1.05 bits per heavy atom. The van der Waals surface area contributed by atoms with E-state index >= 15 is 0 Å². The number of nitrogens with zero attached hydrogens (tertiary/aromatic N) is 1. The van der Waals surface area contributed by atoms with E-state index in [0.29, 0.717) is 6.07 Å². The number of rotatable bonds is 3. The summed E-state index contributed by atoms with van der Waals surface area (Å²) < 4.78 is 45.1. The first-order valence-electron chi connectivity index (χ1n) is 5.42. The van der Waals surface area contributed by atoms with Crippen LogP contribution in [0.4, 0.5) is 13.2 Å². The van der Waals surface area contributed by atoms with Crippen LogP contribution in [0.25, 0.3) is 0 Å². The minimum absolute atomic E-state index is 0.161. The minimum atomic E-state index is -0.959. The largest absolute Gasteiger partial charge is 0.453 e. The van der Waals surface area contributed by atoms with Crippen molar-refractivity contribution in [2.24, 2.45) is 10.9 Å². The van der Waals surface area contributed by atoms with Crippen LogP contribution < -0.4 is 10.5 Å². The predicted molar refractivity (Wildman–Crippen MR) is 65.3 cm³/mol. The molecule has 0 spiro atoms. The Hall–Kier alpha value is -2.70. The first kappa shape index (κ1) is 13.7. The average molecular weight is 282 g/mol. The summed E-state index contributed by atoms with van der Waals surface area (Å²) in [5, 5.41) is 11.3. The van der Waals surface area contributed by atoms with E-state index in [0.717, 1.165) is 18.2 Å². The van der Waals surface area contributed by atoms with Crippen molar-refractivity contribution in [3.63, 3.8) is 0 Å². The molecular weight excluding hydrogens is 273 g/mol. The SMILES string of the molecule is NC(=NO)c1c(F)cccc1Oc1ccc(F)cc1F. The van der Waals surface area contributed by atoms with E-state index in [1.54, 1.807) is 0 Å². The van der Waals surface area contributed by atoms with Crippen molar-refractivity contribution >= 4 is 5.84 Å². The number of nitrogens with two attached hydrogens (primary N) is 1. The molecule has 20 heavy (non-hydrogen) atoms. The van der Waals surface area contributed by atoms with Crippen LogP contribution >= 0.6 is 0 Å². The van der Waals surface area contributed by atoms with E-state index < -0.39 is 23.3 Å². The second-order valence-corrected chi connectivity index (χ2v) is 3.78. The third-order valence-corrected chi connectivity index (χ3v) is 2.45. The highest BCUT2D eigenvalue weighted by atomic mass is 19.1. The highest BCUT2D eigenvalue weighted by molar-refractivity contribution is 5.99. The van der Waals surface area contributed by atoms with Crippen molar-refractivity contribution in [2.75, 3.05) is 0 Å². The van der Waals surface area contributed by atoms with Gasteiger partial charge >= 0.3 is 0 Å². The Morgan fingerprint density at radius 2 is 1.80 bits per heavy atom. The summed E-state index contributed by atoms with van der Waals surface area (Å²) in [7, 11) is 0. The summed E-state index contributed by atoms with van der Waals surface area (Å²) in [4.78, 5) is 0. The molecule has 0 saturated heterocycles. The van der Waals surface area contributed by atoms with Gasteiger partial charge in [-0.3, -0.25) is 0 Å². The van der Waals surface area contributed by atoms with Crippen LogP contribution in [0.15, 0.2) is 41.6 Å². The Balaban J connectivity index is 2.46. The Kier molecular flexibility index (Phi) is 3.79. The smallest absolute Gasteiger partial charge is 0.176 e. The second-order valence-electron chi connectivity index (χ2n) is 3.78. The maximum atomic E-state index is 13.6. The molecule has 0 fully saturated rings. The Labute approximate surface area is 111 Å². The first-order chi connectivity index (χ1) is 9.52. The summed E-state index contributed by atoms with van der Waals surface area (Å²) in [6.45, 7) is 0. The highest BCUT2D eigenvalue weighted by Gasteiger charge is 2.16. The van der Waals surface area contributed by atoms with Crippen molar-refractivity contribution in [2.45, 2.75) is 0 Å². The van der Waals surface area contributed by atoms with Gasteiger partial charge < -0.3 is 15.7 Å². The maximum absolute atomic E-state index is 13.6. The summed E-state index contributed by atoms with van der Waals surface area (Å²) in [6.07, 6.45) is 0. The van der Waals surface area contributed by atoms with Crippen LogP contribution in [0.3, 0.4) is 0 Å². The molecule has 0 aliphatic rings. The first-order valence-corrected chi connectivity index (χ1v) is 5.42. The van der Waals surface area contributed by atoms with Crippen LogP contribution in [-0.2, 0) is 0 Å². The van der Waals surface area contributed by atoms with E-state index in [9.17, 15) is 13.2 Å². The van der Waals surface area contributed by atoms with Gasteiger partial charge in [0.15, 0.2) is 17.4 Å². The minimum Gasteiger partial charge on any atom is -0.453 e. The molecule has 2 rings (SSSR count). The summed E-state index contributed by atoms with van der Waals surface area (Å²) in [5.41, 5.74) is 5.02. The lowest BCUT2D eigenvalue weighted by molar-refractivity contribution is 0.318. The fourth-order valence-corrected chi connectivity index (χ4v) is 1.56. The fourth-order valence-electron chi connectivity index (χ4n) is 1.56. The van der Waals surface area contributed by atoms with Crippen LogP contribution in [0.5, 0.6) is 11.5 Å². The molecule has 4 nitrogen and oxygen atoms in total. The molecule has 0 aliphatic heterocycles. The third kappa shape index (κ3) is 2.66. The quantitative estimate of drug-likeness (QED) is 0.393. The number of amidine groups is 1. The monoisotopic (exact) mass is 282 g/mol. The molecule has 2 aromatic carbocycles. The fraction of sp³-hybridized carbons (Fsp3) is 0. The van der Waals surface area contributed by atoms with Gasteiger partial charge in [-0.05, 0) is 24.3 Å². The third-order valence-electron chi connectivity index (χ3n) is 2.45. The number of halogens is 3. The standard InChI is InChI=1S/C13H9F3N2O2/c14-7-4-5-10(9(16)6-7)20-11-3-1-2-8(15)12(11)13(17)18-19/h1-6,19H,(H2,17,18). The lowest BCUT2D eigenvalue weighted by Gasteiger charge is -2.11. The summed E-state index contributed by atoms with van der Waals surface area (Å²) in [6, 6.07) is 6.34. The van der Waals surface area contributed by atoms with Crippen molar-refractivity contribution < 1.29 is 23.1 Å². The van der Waals surface area contributed by atoms with Gasteiger partial charge in [-0.25, -0.2) is 13.2 Å². The molecular formula is C13H9F3N2O2. The number of benzene rings is 2. The normalized spacial score (nSPS) is 11.4. The van der Waals surface area contributed by atoms with Crippen LogP contribution in [0.2, 0.25) is 0 Å². The van der Waals surface area contributed by atoms with E-state index in [4.69, 9.17) is 15.7 Å².